The SMILES string of the molecule is C=C/C=C(\C=C)N(c1ccccc1)c1ccc2c3ccc(N(C(/C=C\C)=C/C)c4ccccc4)cc3c3ccccc3c2c1. The average Bonchev–Trinajstić information content (AvgIpc) is 3.08. The summed E-state index contributed by atoms with van der Waals surface area (Å²) in [6.45, 7) is 12.2. The molecule has 0 heterocycles. The summed E-state index contributed by atoms with van der Waals surface area (Å²) in [4.78, 5) is 4.55. The van der Waals surface area contributed by atoms with Gasteiger partial charge < -0.3 is 9.80 Å². The van der Waals surface area contributed by atoms with Crippen LogP contribution in [0.4, 0.5) is 22.7 Å². The van der Waals surface area contributed by atoms with Crippen molar-refractivity contribution in [2.75, 3.05) is 9.80 Å². The Morgan fingerprint density at radius 1 is 0.500 bits per heavy atom. The summed E-state index contributed by atoms with van der Waals surface area (Å²) in [7, 11) is 0. The van der Waals surface area contributed by atoms with Gasteiger partial charge in [-0.1, -0.05) is 104 Å². The molecule has 0 N–H and O–H groups in total. The molecule has 0 aliphatic heterocycles. The summed E-state index contributed by atoms with van der Waals surface area (Å²) in [5.41, 5.74) is 6.46. The topological polar surface area (TPSA) is 6.48 Å². The highest BCUT2D eigenvalue weighted by Crippen LogP contribution is 2.41. The molecule has 6 aromatic rings. The molecule has 0 bridgehead atoms. The van der Waals surface area contributed by atoms with E-state index < -0.39 is 0 Å². The van der Waals surface area contributed by atoms with E-state index in [9.17, 15) is 0 Å². The smallest absolute Gasteiger partial charge is 0.0468 e. The van der Waals surface area contributed by atoms with Crippen molar-refractivity contribution in [2.24, 2.45) is 0 Å². The quantitative estimate of drug-likeness (QED) is 0.126. The highest BCUT2D eigenvalue weighted by molar-refractivity contribution is 6.26. The van der Waals surface area contributed by atoms with Crippen molar-refractivity contribution in [3.63, 3.8) is 0 Å². The van der Waals surface area contributed by atoms with Crippen LogP contribution in [0.1, 0.15) is 13.8 Å². The minimum atomic E-state index is 0.960. The number of para-hydroxylation sites is 2. The third-order valence-electron chi connectivity index (χ3n) is 8.00. The highest BCUT2D eigenvalue weighted by atomic mass is 15.2. The maximum Gasteiger partial charge on any atom is 0.0468 e. The number of nitrogens with zero attached hydrogens (tertiary/aromatic N) is 2. The van der Waals surface area contributed by atoms with Crippen LogP contribution in [0.15, 0.2) is 182 Å². The lowest BCUT2D eigenvalue weighted by molar-refractivity contribution is 1.20. The molecule has 0 saturated carbocycles. The predicted octanol–water partition coefficient (Wildman–Crippen LogP) is 12.2. The number of anilines is 4. The molecule has 0 fully saturated rings. The van der Waals surface area contributed by atoms with Crippen molar-refractivity contribution in [2.45, 2.75) is 13.8 Å². The first-order chi connectivity index (χ1) is 21.7. The van der Waals surface area contributed by atoms with Gasteiger partial charge in [0.1, 0.15) is 0 Å². The summed E-state index contributed by atoms with van der Waals surface area (Å²) in [5, 5.41) is 7.35. The number of allylic oxidation sites excluding steroid dienone is 6. The third-order valence-corrected chi connectivity index (χ3v) is 8.00. The zero-order valence-electron chi connectivity index (χ0n) is 25.3. The molecule has 0 aliphatic rings. The van der Waals surface area contributed by atoms with Gasteiger partial charge in [0.2, 0.25) is 0 Å². The van der Waals surface area contributed by atoms with E-state index in [1.54, 1.807) is 0 Å². The van der Waals surface area contributed by atoms with Crippen LogP contribution in [0.2, 0.25) is 0 Å². The number of fused-ring (bicyclic) bond motifs is 6. The number of hydrogen-bond donors (Lipinski definition) is 0. The molecular formula is C42H36N2. The Balaban J connectivity index is 1.61. The number of benzene rings is 6. The summed E-state index contributed by atoms with van der Waals surface area (Å²) in [6.07, 6.45) is 12.1. The van der Waals surface area contributed by atoms with E-state index in [0.29, 0.717) is 0 Å². The highest BCUT2D eigenvalue weighted by Gasteiger charge is 2.18. The summed E-state index contributed by atoms with van der Waals surface area (Å²) in [6, 6.07) is 43.3. The van der Waals surface area contributed by atoms with Gasteiger partial charge in [0, 0.05) is 34.1 Å². The molecule has 2 heteroatoms. The Hall–Kier alpha value is -5.60. The fourth-order valence-electron chi connectivity index (χ4n) is 6.08. The molecule has 0 aliphatic carbocycles. The fourth-order valence-corrected chi connectivity index (χ4v) is 6.08. The van der Waals surface area contributed by atoms with Crippen molar-refractivity contribution in [3.8, 4) is 0 Å². The predicted molar refractivity (Wildman–Crippen MR) is 193 cm³/mol. The van der Waals surface area contributed by atoms with E-state index in [-0.39, 0.29) is 0 Å². The average molecular weight is 569 g/mol. The Morgan fingerprint density at radius 2 is 0.955 bits per heavy atom. The van der Waals surface area contributed by atoms with Crippen LogP contribution < -0.4 is 9.80 Å². The van der Waals surface area contributed by atoms with Gasteiger partial charge in [0.15, 0.2) is 0 Å². The molecule has 2 nitrogen and oxygen atoms in total. The van der Waals surface area contributed by atoms with E-state index in [1.165, 1.54) is 32.3 Å². The lowest BCUT2D eigenvalue weighted by atomic mass is 9.93. The largest absolute Gasteiger partial charge is 0.311 e. The zero-order valence-corrected chi connectivity index (χ0v) is 25.3. The van der Waals surface area contributed by atoms with Crippen LogP contribution in [0, 0.1) is 0 Å². The van der Waals surface area contributed by atoms with Crippen LogP contribution in [-0.2, 0) is 0 Å². The second-order valence-electron chi connectivity index (χ2n) is 10.6. The molecule has 0 amide bonds. The van der Waals surface area contributed by atoms with Gasteiger partial charge in [-0.05, 0) is 113 Å². The Bertz CT molecular complexity index is 2040. The third kappa shape index (κ3) is 5.23. The van der Waals surface area contributed by atoms with Crippen LogP contribution in [0.5, 0.6) is 0 Å². The maximum absolute atomic E-state index is 4.11. The van der Waals surface area contributed by atoms with Gasteiger partial charge in [-0.3, -0.25) is 0 Å². The first-order valence-electron chi connectivity index (χ1n) is 15.0. The Labute approximate surface area is 260 Å². The van der Waals surface area contributed by atoms with E-state index in [1.807, 2.05) is 24.3 Å². The van der Waals surface area contributed by atoms with Crippen molar-refractivity contribution in [1.29, 1.82) is 0 Å². The minimum Gasteiger partial charge on any atom is -0.311 e. The van der Waals surface area contributed by atoms with Gasteiger partial charge in [-0.25, -0.2) is 0 Å². The summed E-state index contributed by atoms with van der Waals surface area (Å²) >= 11 is 0. The van der Waals surface area contributed by atoms with Gasteiger partial charge in [0.25, 0.3) is 0 Å². The normalized spacial score (nSPS) is 12.2. The molecule has 6 rings (SSSR count). The Morgan fingerprint density at radius 3 is 1.39 bits per heavy atom. The van der Waals surface area contributed by atoms with Crippen LogP contribution in [-0.4, -0.2) is 0 Å². The lowest BCUT2D eigenvalue weighted by Crippen LogP contribution is -2.15. The number of hydrogen-bond acceptors (Lipinski definition) is 2. The van der Waals surface area contributed by atoms with Gasteiger partial charge in [0.05, 0.1) is 0 Å². The van der Waals surface area contributed by atoms with Crippen molar-refractivity contribution in [3.05, 3.63) is 182 Å². The first kappa shape index (κ1) is 28.5. The molecule has 0 aromatic heterocycles. The van der Waals surface area contributed by atoms with Crippen LogP contribution in [0.25, 0.3) is 32.3 Å². The first-order valence-corrected chi connectivity index (χ1v) is 15.0. The standard InChI is InChI=1S/C42H36N2/c1-5-17-31(7-3)43(33-19-11-9-12-20-33)35-25-27-39-40-28-26-36(30-42(40)38-24-16-15-23-37(38)41(39)29-35)44(32(8-4)18-6-2)34-21-13-10-14-22-34/h5-30H,1,3H2,2,4H3/b18-6-,31-17+,32-8+. The molecule has 0 unspecified atom stereocenters. The van der Waals surface area contributed by atoms with E-state index in [4.69, 9.17) is 0 Å². The molecular weight excluding hydrogens is 532 g/mol. The molecule has 0 atom stereocenters. The monoisotopic (exact) mass is 568 g/mol. The van der Waals surface area contributed by atoms with Gasteiger partial charge in [-0.2, -0.15) is 0 Å². The Kier molecular flexibility index (Phi) is 8.25. The van der Waals surface area contributed by atoms with E-state index in [2.05, 4.69) is 170 Å². The van der Waals surface area contributed by atoms with Gasteiger partial charge >= 0.3 is 0 Å². The molecule has 0 saturated heterocycles. The number of rotatable bonds is 9. The molecule has 0 spiro atoms. The second-order valence-corrected chi connectivity index (χ2v) is 10.6. The molecule has 6 aromatic carbocycles. The van der Waals surface area contributed by atoms with E-state index in [0.717, 1.165) is 34.1 Å². The minimum absolute atomic E-state index is 0.960. The van der Waals surface area contributed by atoms with Crippen molar-refractivity contribution < 1.29 is 0 Å². The molecule has 0 radical (unpaired) electrons. The lowest BCUT2D eigenvalue weighted by Gasteiger charge is -2.28. The maximum atomic E-state index is 4.11. The van der Waals surface area contributed by atoms with E-state index >= 15 is 0 Å². The molecule has 44 heavy (non-hydrogen) atoms. The second kappa shape index (κ2) is 12.7. The molecule has 214 valence electrons. The fraction of sp³-hybridized carbons (Fsp3) is 0.0476. The zero-order chi connectivity index (χ0) is 30.5. The summed E-state index contributed by atoms with van der Waals surface area (Å²) < 4.78 is 0. The van der Waals surface area contributed by atoms with Crippen LogP contribution >= 0.6 is 0 Å². The van der Waals surface area contributed by atoms with Crippen LogP contribution in [0.3, 0.4) is 0 Å². The van der Waals surface area contributed by atoms with Crippen molar-refractivity contribution in [1.82, 2.24) is 0 Å². The summed E-state index contributed by atoms with van der Waals surface area (Å²) in [5.74, 6) is 0. The van der Waals surface area contributed by atoms with Crippen molar-refractivity contribution >= 4 is 55.1 Å². The van der Waals surface area contributed by atoms with Gasteiger partial charge in [-0.15, -0.1) is 0 Å².